The number of H-pyrrole nitrogens is 1. The lowest BCUT2D eigenvalue weighted by atomic mass is 9.93. The lowest BCUT2D eigenvalue weighted by Crippen LogP contribution is -2.33. The Morgan fingerprint density at radius 3 is 2.56 bits per heavy atom. The maximum atomic E-state index is 13.4. The Bertz CT molecular complexity index is 1460. The van der Waals surface area contributed by atoms with Gasteiger partial charge in [-0.05, 0) is 53.4 Å². The normalized spacial score (nSPS) is 15.7. The van der Waals surface area contributed by atoms with Gasteiger partial charge in [-0.1, -0.05) is 58.4 Å². The van der Waals surface area contributed by atoms with Crippen molar-refractivity contribution >= 4 is 38.5 Å². The molecule has 0 bridgehead atoms. The molecule has 36 heavy (non-hydrogen) atoms. The number of methoxy groups -OCH3 is 1. The first-order valence-corrected chi connectivity index (χ1v) is 12.5. The monoisotopic (exact) mass is 544 g/mol. The van der Waals surface area contributed by atoms with E-state index >= 15 is 0 Å². The predicted octanol–water partition coefficient (Wildman–Crippen LogP) is 5.69. The summed E-state index contributed by atoms with van der Waals surface area (Å²) in [7, 11) is 1.63. The van der Waals surface area contributed by atoms with Gasteiger partial charge in [0.25, 0.3) is 5.91 Å². The average molecular weight is 545 g/mol. The van der Waals surface area contributed by atoms with Crippen molar-refractivity contribution in [2.24, 2.45) is 0 Å². The van der Waals surface area contributed by atoms with E-state index in [1.807, 2.05) is 79.0 Å². The van der Waals surface area contributed by atoms with E-state index in [2.05, 4.69) is 20.9 Å². The van der Waals surface area contributed by atoms with Gasteiger partial charge in [0.1, 0.15) is 5.75 Å². The fraction of sp³-hybridized carbons (Fsp3) is 0.172. The van der Waals surface area contributed by atoms with E-state index in [1.54, 1.807) is 12.0 Å². The second kappa shape index (κ2) is 10.0. The van der Waals surface area contributed by atoms with E-state index in [1.165, 1.54) is 0 Å². The van der Waals surface area contributed by atoms with Crippen LogP contribution in [0.4, 0.5) is 0 Å². The third-order valence-electron chi connectivity index (χ3n) is 6.59. The highest BCUT2D eigenvalue weighted by atomic mass is 79.9. The summed E-state index contributed by atoms with van der Waals surface area (Å²) in [4.78, 5) is 31.5. The molecule has 1 aliphatic heterocycles. The van der Waals surface area contributed by atoms with Gasteiger partial charge in [-0.2, -0.15) is 0 Å². The van der Waals surface area contributed by atoms with Gasteiger partial charge in [-0.15, -0.1) is 0 Å². The minimum absolute atomic E-state index is 0.108. The van der Waals surface area contributed by atoms with Crippen LogP contribution in [0.5, 0.6) is 5.75 Å². The lowest BCUT2D eigenvalue weighted by Gasteiger charge is -2.27. The molecule has 1 aromatic heterocycles. The number of Topliss-reactive ketones (excluding diaryl/α,β-unsaturated/α-hetero) is 1. The molecular weight excluding hydrogens is 520 g/mol. The highest BCUT2D eigenvalue weighted by Gasteiger charge is 2.43. The van der Waals surface area contributed by atoms with Crippen LogP contribution in [0.25, 0.3) is 10.9 Å². The molecule has 0 saturated carbocycles. The quantitative estimate of drug-likeness (QED) is 0.298. The van der Waals surface area contributed by atoms with Gasteiger partial charge in [0.15, 0.2) is 11.5 Å². The average Bonchev–Trinajstić information content (AvgIpc) is 3.41. The summed E-state index contributed by atoms with van der Waals surface area (Å²) in [5, 5.41) is 11.9. The number of nitrogens with zero attached hydrogens (tertiary/aromatic N) is 1. The van der Waals surface area contributed by atoms with E-state index in [-0.39, 0.29) is 17.8 Å². The van der Waals surface area contributed by atoms with Crippen LogP contribution in [0.2, 0.25) is 0 Å². The number of hydrogen-bond acceptors (Lipinski definition) is 4. The van der Waals surface area contributed by atoms with Crippen molar-refractivity contribution in [3.63, 3.8) is 0 Å². The Morgan fingerprint density at radius 1 is 1.08 bits per heavy atom. The van der Waals surface area contributed by atoms with E-state index < -0.39 is 17.7 Å². The second-order valence-electron chi connectivity index (χ2n) is 8.78. The maximum absolute atomic E-state index is 13.4. The summed E-state index contributed by atoms with van der Waals surface area (Å²) >= 11 is 3.45. The Hall–Kier alpha value is -3.84. The zero-order valence-electron chi connectivity index (χ0n) is 19.7. The topological polar surface area (TPSA) is 82.6 Å². The number of amides is 1. The number of carbonyl (C=O) groups excluding carboxylic acids is 2. The van der Waals surface area contributed by atoms with Gasteiger partial charge < -0.3 is 19.7 Å². The molecule has 1 amide bonds. The number of ether oxygens (including phenoxy) is 1. The third-order valence-corrected chi connectivity index (χ3v) is 7.12. The van der Waals surface area contributed by atoms with Crippen LogP contribution >= 0.6 is 15.9 Å². The summed E-state index contributed by atoms with van der Waals surface area (Å²) < 4.78 is 6.26. The minimum Gasteiger partial charge on any atom is -0.503 e. The molecule has 1 unspecified atom stereocenters. The fourth-order valence-electron chi connectivity index (χ4n) is 4.77. The summed E-state index contributed by atoms with van der Waals surface area (Å²) in [5.41, 5.74) is 3.74. The largest absolute Gasteiger partial charge is 0.503 e. The van der Waals surface area contributed by atoms with Gasteiger partial charge >= 0.3 is 0 Å². The molecule has 2 N–H and O–H groups in total. The molecule has 0 radical (unpaired) electrons. The standard InChI is InChI=1S/C29H25BrN2O4/c1-36-22-11-12-24-23(16-22)20(17-31-24)13-14-32-27(19-7-9-21(30)10-8-19)26(28(34)29(32)35)25(33)15-18-5-3-2-4-6-18/h2-12,16-17,27,31,34H,13-15H2,1H3. The first-order chi connectivity index (χ1) is 17.5. The Labute approximate surface area is 217 Å². The van der Waals surface area contributed by atoms with E-state index in [9.17, 15) is 14.7 Å². The van der Waals surface area contributed by atoms with Gasteiger partial charge in [-0.25, -0.2) is 0 Å². The van der Waals surface area contributed by atoms with Crippen molar-refractivity contribution < 1.29 is 19.4 Å². The molecule has 3 aromatic carbocycles. The molecule has 182 valence electrons. The minimum atomic E-state index is -0.665. The molecule has 5 rings (SSSR count). The number of nitrogens with one attached hydrogen (secondary N) is 1. The molecule has 7 heteroatoms. The lowest BCUT2D eigenvalue weighted by molar-refractivity contribution is -0.129. The van der Waals surface area contributed by atoms with Gasteiger partial charge in [0.05, 0.1) is 18.7 Å². The Kier molecular flexibility index (Phi) is 6.65. The zero-order valence-corrected chi connectivity index (χ0v) is 21.3. The molecule has 0 spiro atoms. The molecule has 0 fully saturated rings. The van der Waals surface area contributed by atoms with Gasteiger partial charge in [0, 0.05) is 34.5 Å². The molecule has 1 atom stereocenters. The SMILES string of the molecule is COc1ccc2[nH]cc(CCN3C(=O)C(O)=C(C(=O)Cc4ccccc4)C3c3ccc(Br)cc3)c2c1. The van der Waals surface area contributed by atoms with Crippen LogP contribution < -0.4 is 4.74 Å². The van der Waals surface area contributed by atoms with Crippen molar-refractivity contribution in [1.82, 2.24) is 9.88 Å². The third kappa shape index (κ3) is 4.54. The molecule has 4 aromatic rings. The number of aromatic nitrogens is 1. The van der Waals surface area contributed by atoms with Crippen molar-refractivity contribution in [2.45, 2.75) is 18.9 Å². The Morgan fingerprint density at radius 2 is 1.83 bits per heavy atom. The number of halogens is 1. The Balaban J connectivity index is 1.47. The zero-order chi connectivity index (χ0) is 25.2. The van der Waals surface area contributed by atoms with Crippen LogP contribution in [0.1, 0.15) is 22.7 Å². The van der Waals surface area contributed by atoms with E-state index in [0.717, 1.165) is 37.8 Å². The number of hydrogen-bond donors (Lipinski definition) is 2. The second-order valence-corrected chi connectivity index (χ2v) is 9.69. The number of fused-ring (bicyclic) bond motifs is 1. The van der Waals surface area contributed by atoms with Crippen molar-refractivity contribution in [3.8, 4) is 5.75 Å². The smallest absolute Gasteiger partial charge is 0.290 e. The summed E-state index contributed by atoms with van der Waals surface area (Å²) in [6, 6.07) is 22.0. The van der Waals surface area contributed by atoms with Crippen LogP contribution in [-0.4, -0.2) is 40.3 Å². The van der Waals surface area contributed by atoms with Crippen LogP contribution in [0.3, 0.4) is 0 Å². The number of rotatable bonds is 8. The molecule has 0 aliphatic carbocycles. The highest BCUT2D eigenvalue weighted by molar-refractivity contribution is 9.10. The van der Waals surface area contributed by atoms with Crippen molar-refractivity contribution in [1.29, 1.82) is 0 Å². The molecule has 6 nitrogen and oxygen atoms in total. The number of aliphatic hydroxyl groups is 1. The fourth-order valence-corrected chi connectivity index (χ4v) is 5.03. The number of aromatic amines is 1. The first-order valence-electron chi connectivity index (χ1n) is 11.7. The van der Waals surface area contributed by atoms with Gasteiger partial charge in [0.2, 0.25) is 0 Å². The number of carbonyl (C=O) groups is 2. The molecule has 0 saturated heterocycles. The molecule has 1 aliphatic rings. The van der Waals surface area contributed by atoms with Gasteiger partial charge in [-0.3, -0.25) is 9.59 Å². The number of ketones is 1. The van der Waals surface area contributed by atoms with Crippen LogP contribution in [0.15, 0.2) is 94.8 Å². The van der Waals surface area contributed by atoms with Crippen molar-refractivity contribution in [3.05, 3.63) is 111 Å². The summed E-state index contributed by atoms with van der Waals surface area (Å²) in [5.74, 6) is -0.512. The molecule has 2 heterocycles. The van der Waals surface area contributed by atoms with E-state index in [4.69, 9.17) is 4.74 Å². The summed E-state index contributed by atoms with van der Waals surface area (Å²) in [6.07, 6.45) is 2.57. The number of aliphatic hydroxyl groups excluding tert-OH is 1. The maximum Gasteiger partial charge on any atom is 0.290 e. The van der Waals surface area contributed by atoms with Crippen molar-refractivity contribution in [2.75, 3.05) is 13.7 Å². The molecular formula is C29H25BrN2O4. The number of benzene rings is 3. The summed E-state index contributed by atoms with van der Waals surface area (Å²) in [6.45, 7) is 0.329. The van der Waals surface area contributed by atoms with E-state index in [0.29, 0.717) is 13.0 Å². The predicted molar refractivity (Wildman–Crippen MR) is 142 cm³/mol. The first kappa shape index (κ1) is 23.9. The van der Waals surface area contributed by atoms with Crippen LogP contribution in [0, 0.1) is 0 Å². The highest BCUT2D eigenvalue weighted by Crippen LogP contribution is 2.39. The van der Waals surface area contributed by atoms with Crippen LogP contribution in [-0.2, 0) is 22.4 Å².